The van der Waals surface area contributed by atoms with Crippen LogP contribution in [0.25, 0.3) is 0 Å². The summed E-state index contributed by atoms with van der Waals surface area (Å²) in [5.74, 6) is 0. The van der Waals surface area contributed by atoms with Gasteiger partial charge in [-0.05, 0) is 25.6 Å². The van der Waals surface area contributed by atoms with Crippen LogP contribution in [0.2, 0.25) is 0 Å². The number of hydrogen-bond donors (Lipinski definition) is 1. The van der Waals surface area contributed by atoms with Crippen molar-refractivity contribution in [3.05, 3.63) is 52.0 Å². The van der Waals surface area contributed by atoms with E-state index in [1.807, 2.05) is 0 Å². The highest BCUT2D eigenvalue weighted by Gasteiger charge is 2.21. The van der Waals surface area contributed by atoms with Gasteiger partial charge >= 0.3 is 0 Å². The minimum Gasteiger partial charge on any atom is -0.325 e. The van der Waals surface area contributed by atoms with Gasteiger partial charge in [-0.25, -0.2) is 4.98 Å². The highest BCUT2D eigenvalue weighted by Crippen LogP contribution is 2.30. The van der Waals surface area contributed by atoms with Crippen molar-refractivity contribution in [1.29, 1.82) is 0 Å². The minimum atomic E-state index is 0.230. The molecular weight excluding hydrogens is 266 g/mol. The topological polar surface area (TPSA) is 42.2 Å². The first-order valence-electron chi connectivity index (χ1n) is 7.15. The zero-order valence-electron chi connectivity index (χ0n) is 12.2. The molecule has 1 heterocycles. The van der Waals surface area contributed by atoms with Gasteiger partial charge in [0.05, 0.1) is 11.7 Å². The molecule has 2 N–H and O–H groups in total. The van der Waals surface area contributed by atoms with Gasteiger partial charge in [-0.2, -0.15) is 0 Å². The highest BCUT2D eigenvalue weighted by atomic mass is 32.1. The van der Waals surface area contributed by atoms with E-state index in [0.717, 1.165) is 17.2 Å². The van der Waals surface area contributed by atoms with Crippen LogP contribution >= 0.6 is 11.3 Å². The van der Waals surface area contributed by atoms with Crippen molar-refractivity contribution in [2.24, 2.45) is 5.73 Å². The molecule has 0 fully saturated rings. The molecule has 0 bridgehead atoms. The molecule has 0 amide bonds. The minimum absolute atomic E-state index is 0.230. The van der Waals surface area contributed by atoms with Crippen molar-refractivity contribution in [1.82, 2.24) is 9.88 Å². The first kappa shape index (κ1) is 15.2. The Hall–Kier alpha value is -1.23. The summed E-state index contributed by atoms with van der Waals surface area (Å²) in [6, 6.07) is 10.8. The molecule has 0 saturated heterocycles. The molecule has 1 aromatic heterocycles. The van der Waals surface area contributed by atoms with E-state index in [9.17, 15) is 0 Å². The summed E-state index contributed by atoms with van der Waals surface area (Å²) in [4.78, 5) is 7.07. The number of thiazole rings is 1. The summed E-state index contributed by atoms with van der Waals surface area (Å²) >= 11 is 1.71. The predicted octanol–water partition coefficient (Wildman–Crippen LogP) is 3.42. The van der Waals surface area contributed by atoms with Gasteiger partial charge in [-0.15, -0.1) is 11.3 Å². The van der Waals surface area contributed by atoms with Crippen LogP contribution in [0.3, 0.4) is 0 Å². The fourth-order valence-corrected chi connectivity index (χ4v) is 3.32. The maximum atomic E-state index is 5.69. The maximum Gasteiger partial charge on any atom is 0.115 e. The molecule has 0 spiro atoms. The Labute approximate surface area is 125 Å². The van der Waals surface area contributed by atoms with Gasteiger partial charge < -0.3 is 5.73 Å². The Morgan fingerprint density at radius 2 is 2.05 bits per heavy atom. The molecule has 0 saturated carbocycles. The SMILES string of the molecule is CCCCN(C)C(c1ccccc1)c1nc(CN)cs1. The third kappa shape index (κ3) is 3.66. The van der Waals surface area contributed by atoms with E-state index < -0.39 is 0 Å². The number of rotatable bonds is 7. The standard InChI is InChI=1S/C16H23N3S/c1-3-4-10-19(2)15(13-8-6-5-7-9-13)16-18-14(11-17)12-20-16/h5-9,12,15H,3-4,10-11,17H2,1-2H3. The van der Waals surface area contributed by atoms with Crippen molar-refractivity contribution < 1.29 is 0 Å². The molecule has 20 heavy (non-hydrogen) atoms. The van der Waals surface area contributed by atoms with E-state index in [-0.39, 0.29) is 6.04 Å². The van der Waals surface area contributed by atoms with E-state index >= 15 is 0 Å². The van der Waals surface area contributed by atoms with Crippen LogP contribution in [-0.2, 0) is 6.54 Å². The molecule has 0 radical (unpaired) electrons. The lowest BCUT2D eigenvalue weighted by Gasteiger charge is -2.26. The molecule has 1 atom stereocenters. The lowest BCUT2D eigenvalue weighted by molar-refractivity contribution is 0.273. The van der Waals surface area contributed by atoms with Crippen molar-refractivity contribution >= 4 is 11.3 Å². The lowest BCUT2D eigenvalue weighted by atomic mass is 10.1. The smallest absolute Gasteiger partial charge is 0.115 e. The summed E-state index contributed by atoms with van der Waals surface area (Å²) in [6.07, 6.45) is 2.41. The van der Waals surface area contributed by atoms with Crippen LogP contribution in [0.1, 0.15) is 42.1 Å². The van der Waals surface area contributed by atoms with E-state index in [1.165, 1.54) is 18.4 Å². The monoisotopic (exact) mass is 289 g/mol. The van der Waals surface area contributed by atoms with E-state index in [2.05, 4.69) is 59.6 Å². The van der Waals surface area contributed by atoms with E-state index in [0.29, 0.717) is 6.54 Å². The highest BCUT2D eigenvalue weighted by molar-refractivity contribution is 7.09. The second-order valence-electron chi connectivity index (χ2n) is 5.03. The fraction of sp³-hybridized carbons (Fsp3) is 0.438. The zero-order valence-corrected chi connectivity index (χ0v) is 13.1. The molecule has 0 aliphatic carbocycles. The summed E-state index contributed by atoms with van der Waals surface area (Å²) in [7, 11) is 2.18. The summed E-state index contributed by atoms with van der Waals surface area (Å²) in [5, 5.41) is 3.20. The van der Waals surface area contributed by atoms with Gasteiger partial charge in [0, 0.05) is 11.9 Å². The fourth-order valence-electron chi connectivity index (χ4n) is 2.30. The van der Waals surface area contributed by atoms with E-state index in [1.54, 1.807) is 11.3 Å². The van der Waals surface area contributed by atoms with Crippen molar-refractivity contribution in [3.8, 4) is 0 Å². The average Bonchev–Trinajstić information content (AvgIpc) is 2.95. The van der Waals surface area contributed by atoms with Gasteiger partial charge in [0.1, 0.15) is 5.01 Å². The first-order chi connectivity index (χ1) is 9.76. The molecule has 2 rings (SSSR count). The molecule has 1 unspecified atom stereocenters. The number of nitrogens with two attached hydrogens (primary N) is 1. The molecule has 108 valence electrons. The number of hydrogen-bond acceptors (Lipinski definition) is 4. The van der Waals surface area contributed by atoms with Crippen LogP contribution in [0.5, 0.6) is 0 Å². The Balaban J connectivity index is 2.28. The number of nitrogens with zero attached hydrogens (tertiary/aromatic N) is 2. The summed E-state index contributed by atoms with van der Waals surface area (Å²) < 4.78 is 0. The van der Waals surface area contributed by atoms with Gasteiger partial charge in [0.25, 0.3) is 0 Å². The van der Waals surface area contributed by atoms with Crippen molar-refractivity contribution in [3.63, 3.8) is 0 Å². The lowest BCUT2D eigenvalue weighted by Crippen LogP contribution is -2.26. The van der Waals surface area contributed by atoms with Gasteiger partial charge in [0.15, 0.2) is 0 Å². The molecule has 2 aromatic rings. The van der Waals surface area contributed by atoms with E-state index in [4.69, 9.17) is 5.73 Å². The number of benzene rings is 1. The Morgan fingerprint density at radius 3 is 2.65 bits per heavy atom. The van der Waals surface area contributed by atoms with Crippen LogP contribution < -0.4 is 5.73 Å². The predicted molar refractivity (Wildman–Crippen MR) is 85.8 cm³/mol. The molecule has 0 aliphatic heterocycles. The van der Waals surface area contributed by atoms with Gasteiger partial charge in [-0.3, -0.25) is 4.90 Å². The van der Waals surface area contributed by atoms with Gasteiger partial charge in [0.2, 0.25) is 0 Å². The average molecular weight is 289 g/mol. The van der Waals surface area contributed by atoms with Crippen LogP contribution in [-0.4, -0.2) is 23.5 Å². The zero-order chi connectivity index (χ0) is 14.4. The van der Waals surface area contributed by atoms with Crippen LogP contribution in [0.15, 0.2) is 35.7 Å². The Morgan fingerprint density at radius 1 is 1.30 bits per heavy atom. The van der Waals surface area contributed by atoms with Crippen LogP contribution in [0, 0.1) is 0 Å². The second-order valence-corrected chi connectivity index (χ2v) is 5.92. The summed E-state index contributed by atoms with van der Waals surface area (Å²) in [5.41, 5.74) is 7.97. The Bertz CT molecular complexity index is 509. The van der Waals surface area contributed by atoms with Gasteiger partial charge in [-0.1, -0.05) is 43.7 Å². The molecule has 1 aromatic carbocycles. The summed E-state index contributed by atoms with van der Waals surface area (Å²) in [6.45, 7) is 3.81. The number of unbranched alkanes of at least 4 members (excludes halogenated alkanes) is 1. The molecule has 3 nitrogen and oxygen atoms in total. The molecule has 0 aliphatic rings. The molecule has 4 heteroatoms. The molecular formula is C16H23N3S. The van der Waals surface area contributed by atoms with Crippen molar-refractivity contribution in [2.75, 3.05) is 13.6 Å². The Kier molecular flexibility index (Phi) is 5.71. The third-order valence-corrected chi connectivity index (χ3v) is 4.38. The first-order valence-corrected chi connectivity index (χ1v) is 8.03. The largest absolute Gasteiger partial charge is 0.325 e. The van der Waals surface area contributed by atoms with Crippen molar-refractivity contribution in [2.45, 2.75) is 32.4 Å². The third-order valence-electron chi connectivity index (χ3n) is 3.43. The second kappa shape index (κ2) is 7.53. The maximum absolute atomic E-state index is 5.69. The number of aromatic nitrogens is 1. The van der Waals surface area contributed by atoms with Crippen LogP contribution in [0.4, 0.5) is 0 Å². The normalized spacial score (nSPS) is 12.8. The quantitative estimate of drug-likeness (QED) is 0.849.